The first kappa shape index (κ1) is 6.97. The Morgan fingerprint density at radius 2 is 1.91 bits per heavy atom. The molecule has 2 N–H and O–H groups in total. The fourth-order valence-electron chi connectivity index (χ4n) is 0.991. The molecule has 0 bridgehead atoms. The maximum atomic E-state index is 5.47. The second kappa shape index (κ2) is 2.41. The number of para-hydroxylation sites is 2. The van der Waals surface area contributed by atoms with Gasteiger partial charge in [0.15, 0.2) is 0 Å². The van der Waals surface area contributed by atoms with Crippen molar-refractivity contribution in [3.05, 3.63) is 24.3 Å². The lowest BCUT2D eigenvalue weighted by Gasteiger charge is -2.07. The molecule has 1 aromatic carbocycles. The Labute approximate surface area is 70.0 Å². The molecule has 11 heavy (non-hydrogen) atoms. The Morgan fingerprint density at radius 3 is 2.36 bits per heavy atom. The lowest BCUT2D eigenvalue weighted by atomic mass is 10.4. The molecule has 0 unspecified atom stereocenters. The highest BCUT2D eigenvalue weighted by Gasteiger charge is 2.29. The molecule has 1 heterocycles. The normalized spacial score (nSPS) is 13.5. The van der Waals surface area contributed by atoms with Crippen molar-refractivity contribution >= 4 is 23.5 Å². The Balaban J connectivity index is 2.07. The van der Waals surface area contributed by atoms with E-state index in [1.807, 2.05) is 19.2 Å². The summed E-state index contributed by atoms with van der Waals surface area (Å²) in [6.07, 6.45) is 0. The lowest BCUT2D eigenvalue weighted by molar-refractivity contribution is 0.611. The molecule has 0 fully saturated rings. The number of nitrogens with two attached hydrogens (primary N) is 1. The van der Waals surface area contributed by atoms with Crippen LogP contribution in [0.2, 0.25) is 0 Å². The lowest BCUT2D eigenvalue weighted by Crippen LogP contribution is -2.19. The number of fused-ring (bicyclic) bond motifs is 1. The highest BCUT2D eigenvalue weighted by atomic mass is 32.2. The Hall–Kier alpha value is -0.710. The van der Waals surface area contributed by atoms with Gasteiger partial charge in [0.2, 0.25) is 0 Å². The molecule has 3 nitrogen and oxygen atoms in total. The summed E-state index contributed by atoms with van der Waals surface area (Å²) in [5.41, 5.74) is 2.52. The number of benzene rings is 1. The molecule has 0 radical (unpaired) electrons. The number of hydrogen-bond acceptors (Lipinski definition) is 4. The minimum absolute atomic E-state index is 1.26. The second-order valence-electron chi connectivity index (χ2n) is 2.41. The summed E-state index contributed by atoms with van der Waals surface area (Å²) in [4.78, 5) is 0. The number of hydrazine groups is 1. The minimum Gasteiger partial charge on any atom is -0.266 e. The van der Waals surface area contributed by atoms with Crippen LogP contribution in [0.25, 0.3) is 0 Å². The maximum absolute atomic E-state index is 5.47. The zero-order valence-electron chi connectivity index (χ0n) is 6.19. The van der Waals surface area contributed by atoms with Crippen LogP contribution in [0.4, 0.5) is 11.4 Å². The first-order valence-electron chi connectivity index (χ1n) is 3.35. The van der Waals surface area contributed by atoms with E-state index in [1.165, 1.54) is 23.5 Å². The molecule has 0 amide bonds. The topological polar surface area (TPSA) is 32.3 Å². The van der Waals surface area contributed by atoms with Crippen molar-refractivity contribution in [1.29, 1.82) is 0 Å². The van der Waals surface area contributed by atoms with E-state index in [0.717, 1.165) is 0 Å². The van der Waals surface area contributed by atoms with Crippen LogP contribution in [0.5, 0.6) is 0 Å². The van der Waals surface area contributed by atoms with E-state index in [1.54, 1.807) is 4.41 Å². The van der Waals surface area contributed by atoms with E-state index >= 15 is 0 Å². The smallest absolute Gasteiger partial charge is 0.0785 e. The molecule has 58 valence electrons. The third-order valence-corrected chi connectivity index (χ3v) is 2.29. The van der Waals surface area contributed by atoms with Crippen LogP contribution in [-0.2, 0) is 0 Å². The van der Waals surface area contributed by atoms with Gasteiger partial charge in [-0.15, -0.1) is 0 Å². The number of rotatable bonds is 2. The monoisotopic (exact) mass is 167 g/mol. The number of anilines is 2. The van der Waals surface area contributed by atoms with Gasteiger partial charge in [-0.3, -0.25) is 10.1 Å². The quantitative estimate of drug-likeness (QED) is 0.313. The molecule has 4 heteroatoms. The predicted molar refractivity (Wildman–Crippen MR) is 48.1 cm³/mol. The van der Waals surface area contributed by atoms with Gasteiger partial charge in [-0.2, -0.15) is 4.41 Å². The van der Waals surface area contributed by atoms with E-state index in [0.29, 0.717) is 0 Å². The number of nitrogens with zero attached hydrogens (tertiary/aromatic N) is 2. The number of hydrogen-bond donors (Lipinski definition) is 1. The van der Waals surface area contributed by atoms with Crippen LogP contribution in [0.3, 0.4) is 0 Å². The molecule has 1 aliphatic rings. The Bertz CT molecular complexity index is 251. The highest BCUT2D eigenvalue weighted by molar-refractivity contribution is 7.99. The molecule has 2 rings (SSSR count). The summed E-state index contributed by atoms with van der Waals surface area (Å²) in [5.74, 6) is 5.47. The van der Waals surface area contributed by atoms with Crippen LogP contribution < -0.4 is 10.1 Å². The average Bonchev–Trinajstić information content (AvgIpc) is 2.64. The summed E-state index contributed by atoms with van der Waals surface area (Å²) in [6.45, 7) is 0. The van der Waals surface area contributed by atoms with Gasteiger partial charge in [-0.1, -0.05) is 12.1 Å². The Kier molecular flexibility index (Phi) is 1.52. The summed E-state index contributed by atoms with van der Waals surface area (Å²) in [7, 11) is 1.82. The molecule has 0 saturated heterocycles. The molecule has 1 aliphatic heterocycles. The molecule has 0 aliphatic carbocycles. The molecular formula is C7H9N3S. The van der Waals surface area contributed by atoms with Crippen molar-refractivity contribution < 1.29 is 0 Å². The molecular weight excluding hydrogens is 158 g/mol. The zero-order chi connectivity index (χ0) is 7.84. The fraction of sp³-hybridized carbons (Fsp3) is 0.143. The van der Waals surface area contributed by atoms with Gasteiger partial charge in [0.25, 0.3) is 0 Å². The van der Waals surface area contributed by atoms with Crippen LogP contribution >= 0.6 is 12.1 Å². The summed E-state index contributed by atoms with van der Waals surface area (Å²) in [6, 6.07) is 8.20. The van der Waals surface area contributed by atoms with Crippen LogP contribution in [0.15, 0.2) is 24.3 Å². The largest absolute Gasteiger partial charge is 0.266 e. The van der Waals surface area contributed by atoms with E-state index in [-0.39, 0.29) is 0 Å². The van der Waals surface area contributed by atoms with Gasteiger partial charge in [-0.05, 0) is 12.1 Å². The first-order valence-corrected chi connectivity index (χ1v) is 4.08. The van der Waals surface area contributed by atoms with Crippen molar-refractivity contribution in [2.45, 2.75) is 0 Å². The first-order chi connectivity index (χ1) is 5.29. The average molecular weight is 167 g/mol. The van der Waals surface area contributed by atoms with Crippen LogP contribution in [0.1, 0.15) is 0 Å². The third kappa shape index (κ3) is 1.20. The van der Waals surface area contributed by atoms with Crippen LogP contribution in [-0.4, -0.2) is 11.5 Å². The second-order valence-corrected chi connectivity index (χ2v) is 3.52. The summed E-state index contributed by atoms with van der Waals surface area (Å²) < 4.78 is 3.67. The SMILES string of the molecule is CN(N)SN1c2ccccc21. The molecule has 0 aromatic heterocycles. The summed E-state index contributed by atoms with van der Waals surface area (Å²) in [5, 5.41) is 0. The van der Waals surface area contributed by atoms with E-state index in [2.05, 4.69) is 16.4 Å². The van der Waals surface area contributed by atoms with Crippen molar-refractivity contribution in [3.8, 4) is 0 Å². The van der Waals surface area contributed by atoms with Gasteiger partial charge < -0.3 is 0 Å². The van der Waals surface area contributed by atoms with Crippen molar-refractivity contribution in [2.75, 3.05) is 11.4 Å². The van der Waals surface area contributed by atoms with E-state index < -0.39 is 0 Å². The van der Waals surface area contributed by atoms with E-state index in [4.69, 9.17) is 5.84 Å². The van der Waals surface area contributed by atoms with Gasteiger partial charge in [0, 0.05) is 7.05 Å². The fourth-order valence-corrected chi connectivity index (χ4v) is 1.69. The van der Waals surface area contributed by atoms with Crippen LogP contribution in [0, 0.1) is 0 Å². The third-order valence-electron chi connectivity index (χ3n) is 1.48. The molecule has 0 saturated carbocycles. The maximum Gasteiger partial charge on any atom is 0.0785 e. The standard InChI is InChI=1S/C7H9N3S/c1-9(8)11-10-6-4-2-3-5-7(6)10/h2-5H,8H2,1H3. The van der Waals surface area contributed by atoms with Gasteiger partial charge in [0.1, 0.15) is 0 Å². The molecule has 0 atom stereocenters. The van der Waals surface area contributed by atoms with Crippen molar-refractivity contribution in [1.82, 2.24) is 4.41 Å². The van der Waals surface area contributed by atoms with Gasteiger partial charge in [-0.25, -0.2) is 0 Å². The molecule has 1 aromatic rings. The van der Waals surface area contributed by atoms with Gasteiger partial charge >= 0.3 is 0 Å². The predicted octanol–water partition coefficient (Wildman–Crippen LogP) is 1.51. The molecule has 0 spiro atoms. The highest BCUT2D eigenvalue weighted by Crippen LogP contribution is 2.52. The zero-order valence-corrected chi connectivity index (χ0v) is 7.01. The van der Waals surface area contributed by atoms with Crippen molar-refractivity contribution in [3.63, 3.8) is 0 Å². The van der Waals surface area contributed by atoms with Gasteiger partial charge in [0.05, 0.1) is 23.5 Å². The Morgan fingerprint density at radius 1 is 1.36 bits per heavy atom. The van der Waals surface area contributed by atoms with Crippen molar-refractivity contribution in [2.24, 2.45) is 5.84 Å². The van der Waals surface area contributed by atoms with E-state index in [9.17, 15) is 0 Å². The summed E-state index contributed by atoms with van der Waals surface area (Å²) >= 11 is 1.49. The minimum atomic E-state index is 1.26.